The van der Waals surface area contributed by atoms with E-state index in [2.05, 4.69) is 133 Å². The number of rotatable bonds is 11. The van der Waals surface area contributed by atoms with Gasteiger partial charge in [0, 0.05) is 121 Å². The van der Waals surface area contributed by atoms with Gasteiger partial charge in [0.1, 0.15) is 21.4 Å². The Morgan fingerprint density at radius 3 is 1.12 bits per heavy atom. The molecule has 34 heteroatoms. The third-order valence-corrected chi connectivity index (χ3v) is 23.9. The number of piperidine rings is 4. The van der Waals surface area contributed by atoms with Crippen LogP contribution in [0.5, 0.6) is 0 Å². The number of nitrogens with one attached hydrogen (secondary N) is 3. The van der Waals surface area contributed by atoms with E-state index in [1.807, 2.05) is 122 Å². The fraction of sp³-hybridized carbons (Fsp3) is 0.477. The number of halogens is 1. The summed E-state index contributed by atoms with van der Waals surface area (Å²) in [6.45, 7) is 29.3. The van der Waals surface area contributed by atoms with Gasteiger partial charge in [-0.05, 0) is 208 Å². The van der Waals surface area contributed by atoms with Crippen molar-refractivity contribution >= 4 is 125 Å². The molecule has 0 spiro atoms. The maximum absolute atomic E-state index is 12.7. The van der Waals surface area contributed by atoms with Gasteiger partial charge in [0.15, 0.2) is 45.9 Å². The second-order valence-electron chi connectivity index (χ2n) is 33.3. The number of fused-ring (bicyclic) bond motifs is 4. The Morgan fingerprint density at radius 2 is 0.792 bits per heavy atom. The zero-order valence-electron chi connectivity index (χ0n) is 68.2. The van der Waals surface area contributed by atoms with E-state index in [9.17, 15) is 14.4 Å². The Hall–Kier alpha value is -10.6. The Kier molecular flexibility index (Phi) is 29.4. The van der Waals surface area contributed by atoms with Crippen LogP contribution in [0.2, 0.25) is 0 Å². The molecular formula is C86H119BrN24O6S3. The molecule has 13 aromatic heterocycles. The molecule has 4 aliphatic rings. The SMILES string of the molecule is C.C.C.C.CC(C)(C)OC(=O)N1CCCC(c2cn3c(Br)cnc(N)c3n2)C1.Cc1csc(-c2cnc(N)c3nc(C4CCCN(C(=O)OC(C)(C)C)C4)cn23)c1.Cc1csc(-c2cnc(Nc3cnn(C)c3)c3nc(C4CCCN(C(=O)OC(C)(C)C)C4)cn23)c1.Cc1csc(-c2cnc(Nc3cnn(C)c3)c3nc(C4CCCNC4)cn23)c1. The van der Waals surface area contributed by atoms with Gasteiger partial charge in [-0.25, -0.2) is 54.3 Å². The third-order valence-electron chi connectivity index (χ3n) is 20.1. The maximum atomic E-state index is 12.7. The van der Waals surface area contributed by atoms with Crippen LogP contribution in [0, 0.1) is 20.8 Å². The highest BCUT2D eigenvalue weighted by atomic mass is 79.9. The second kappa shape index (κ2) is 38.5. The highest BCUT2D eigenvalue weighted by Gasteiger charge is 2.35. The van der Waals surface area contributed by atoms with Gasteiger partial charge in [-0.2, -0.15) is 10.2 Å². The van der Waals surface area contributed by atoms with E-state index in [0.29, 0.717) is 73.9 Å². The van der Waals surface area contributed by atoms with E-state index in [1.165, 1.54) is 34.4 Å². The summed E-state index contributed by atoms with van der Waals surface area (Å²) in [4.78, 5) is 83.7. The summed E-state index contributed by atoms with van der Waals surface area (Å²) in [5.74, 6) is 3.10. The van der Waals surface area contributed by atoms with Crippen LogP contribution < -0.4 is 27.4 Å². The number of nitrogen functional groups attached to an aromatic ring is 2. The number of ether oxygens (including phenoxy) is 3. The average molecular weight is 1760 g/mol. The number of hydrogen-bond acceptors (Lipinski definition) is 24. The van der Waals surface area contributed by atoms with Crippen molar-refractivity contribution in [2.45, 2.75) is 205 Å². The minimum Gasteiger partial charge on any atom is -0.444 e. The van der Waals surface area contributed by atoms with Gasteiger partial charge in [0.2, 0.25) is 0 Å². The quantitative estimate of drug-likeness (QED) is 0.0751. The highest BCUT2D eigenvalue weighted by molar-refractivity contribution is 9.10. The molecule has 0 aromatic carbocycles. The number of aryl methyl sites for hydroxylation is 5. The first-order chi connectivity index (χ1) is 55.3. The van der Waals surface area contributed by atoms with Crippen molar-refractivity contribution in [3.63, 3.8) is 0 Å². The molecule has 17 heterocycles. The Balaban J connectivity index is 0.000000168. The van der Waals surface area contributed by atoms with Crippen molar-refractivity contribution in [2.24, 2.45) is 14.1 Å². The smallest absolute Gasteiger partial charge is 0.410 e. The van der Waals surface area contributed by atoms with Crippen molar-refractivity contribution in [2.75, 3.05) is 74.5 Å². The molecule has 4 saturated heterocycles. The summed E-state index contributed by atoms with van der Waals surface area (Å²) in [6, 6.07) is 6.51. The summed E-state index contributed by atoms with van der Waals surface area (Å²) < 4.78 is 29.2. The molecule has 4 fully saturated rings. The summed E-state index contributed by atoms with van der Waals surface area (Å²) >= 11 is 8.57. The molecular weight excluding hydrogens is 1640 g/mol. The Bertz CT molecular complexity index is 5620. The predicted molar refractivity (Wildman–Crippen MR) is 487 cm³/mol. The average Bonchev–Trinajstić information content (AvgIpc) is 1.54. The lowest BCUT2D eigenvalue weighted by Gasteiger charge is -2.33. The Morgan fingerprint density at radius 1 is 0.458 bits per heavy atom. The van der Waals surface area contributed by atoms with Crippen molar-refractivity contribution in [3.8, 4) is 31.7 Å². The van der Waals surface area contributed by atoms with Crippen LogP contribution in [0.25, 0.3) is 54.3 Å². The van der Waals surface area contributed by atoms with Gasteiger partial charge >= 0.3 is 18.3 Å². The summed E-state index contributed by atoms with van der Waals surface area (Å²) in [5, 5.41) is 25.1. The number of anilines is 6. The number of amides is 3. The molecule has 7 N–H and O–H groups in total. The van der Waals surface area contributed by atoms with Crippen LogP contribution in [-0.2, 0) is 28.3 Å². The largest absolute Gasteiger partial charge is 0.444 e. The lowest BCUT2D eigenvalue weighted by atomic mass is 9.95. The first-order valence-electron chi connectivity index (χ1n) is 39.3. The molecule has 4 atom stereocenters. The number of nitrogens with zero attached hydrogens (tertiary/aromatic N) is 19. The zero-order chi connectivity index (χ0) is 82.1. The number of nitrogens with two attached hydrogens (primary N) is 2. The van der Waals surface area contributed by atoms with Gasteiger partial charge in [0.25, 0.3) is 0 Å². The zero-order valence-corrected chi connectivity index (χ0v) is 72.3. The molecule has 120 heavy (non-hydrogen) atoms. The summed E-state index contributed by atoms with van der Waals surface area (Å²) in [7, 11) is 3.78. The minimum absolute atomic E-state index is 0. The normalized spacial score (nSPS) is 16.9. The van der Waals surface area contributed by atoms with E-state index < -0.39 is 16.8 Å². The molecule has 0 saturated carbocycles. The summed E-state index contributed by atoms with van der Waals surface area (Å²) in [5.41, 5.74) is 25.9. The van der Waals surface area contributed by atoms with Crippen LogP contribution in [0.15, 0.2) is 113 Å². The molecule has 13 aromatic rings. The molecule has 644 valence electrons. The number of aromatic nitrogens is 16. The van der Waals surface area contributed by atoms with Crippen molar-refractivity contribution in [3.05, 3.63) is 153 Å². The van der Waals surface area contributed by atoms with Crippen LogP contribution in [0.1, 0.15) is 207 Å². The van der Waals surface area contributed by atoms with Crippen LogP contribution in [0.3, 0.4) is 0 Å². The van der Waals surface area contributed by atoms with Gasteiger partial charge in [0.05, 0.1) is 103 Å². The van der Waals surface area contributed by atoms with E-state index in [-0.39, 0.29) is 65.7 Å². The molecule has 0 aliphatic carbocycles. The fourth-order valence-electron chi connectivity index (χ4n) is 14.7. The highest BCUT2D eigenvalue weighted by Crippen LogP contribution is 2.39. The number of hydrogen-bond donors (Lipinski definition) is 5. The molecule has 0 radical (unpaired) electrons. The molecule has 4 unspecified atom stereocenters. The number of carbonyl (C=O) groups is 3. The molecule has 17 rings (SSSR count). The number of carbonyl (C=O) groups excluding carboxylic acids is 3. The van der Waals surface area contributed by atoms with Crippen LogP contribution >= 0.6 is 49.9 Å². The second-order valence-corrected chi connectivity index (χ2v) is 36.8. The first-order valence-corrected chi connectivity index (χ1v) is 42.7. The van der Waals surface area contributed by atoms with Gasteiger partial charge < -0.3 is 56.3 Å². The fourth-order valence-corrected chi connectivity index (χ4v) is 17.8. The molecule has 0 bridgehead atoms. The monoisotopic (exact) mass is 1760 g/mol. The van der Waals surface area contributed by atoms with Crippen molar-refractivity contribution in [1.29, 1.82) is 0 Å². The van der Waals surface area contributed by atoms with Crippen molar-refractivity contribution in [1.82, 2.24) is 97.1 Å². The lowest BCUT2D eigenvalue weighted by molar-refractivity contribution is 0.0187. The van der Waals surface area contributed by atoms with E-state index in [4.69, 9.17) is 50.6 Å². The van der Waals surface area contributed by atoms with Crippen molar-refractivity contribution < 1.29 is 28.6 Å². The predicted octanol–water partition coefficient (Wildman–Crippen LogP) is 19.3. The maximum Gasteiger partial charge on any atom is 0.410 e. The Labute approximate surface area is 724 Å². The topological polar surface area (TPSA) is 333 Å². The molecule has 30 nitrogen and oxygen atoms in total. The van der Waals surface area contributed by atoms with Gasteiger partial charge in [-0.1, -0.05) is 29.7 Å². The van der Waals surface area contributed by atoms with Crippen LogP contribution in [-0.4, -0.2) is 179 Å². The lowest BCUT2D eigenvalue weighted by Crippen LogP contribution is -2.42. The number of thiophene rings is 3. The molecule has 4 aliphatic heterocycles. The number of likely N-dealkylation sites (tertiary alicyclic amines) is 3. The first kappa shape index (κ1) is 91.7. The van der Waals surface area contributed by atoms with E-state index in [1.54, 1.807) is 82.9 Å². The van der Waals surface area contributed by atoms with E-state index in [0.717, 1.165) is 134 Å². The van der Waals surface area contributed by atoms with Gasteiger partial charge in [-0.15, -0.1) is 34.0 Å². The van der Waals surface area contributed by atoms with E-state index >= 15 is 0 Å². The van der Waals surface area contributed by atoms with Crippen LogP contribution in [0.4, 0.5) is 49.0 Å². The third kappa shape index (κ3) is 22.0. The molecule has 3 amide bonds. The minimum atomic E-state index is -0.514. The van der Waals surface area contributed by atoms with Gasteiger partial charge in [-0.3, -0.25) is 27.0 Å². The summed E-state index contributed by atoms with van der Waals surface area (Å²) in [6.07, 6.45) is 30.2. The standard InChI is InChI=1S/C25H31N7O2S.C21H27N5O2S.C20H23N7S.C16H22BrN5O2.4CH4/c1-16-9-21(35-15-16)20-11-26-22(28-18-10-27-30(5)13-18)23-29-19(14-32(20)23)17-7-6-8-31(12-17)24(33)34-25(2,3)4;1-13-8-17(29-12-13)16-9-23-18(22)19-24-15(11-26(16)19)14-6-5-7-25(10-14)20(27)28-21(2,3)4;1-13-6-18(28-12-13)17-9-22-19(24-15-8-23-26(2)10-15)20-25-16(11-27(17)20)14-4-3-5-21-7-14;1-16(2,3)24-15(23)21-6-4-5-10(8-21)11-9-22-12(17)7-19-13(18)14(22)20-11;;;;/h9-11,13-15,17H,6-8,12H2,1-5H3,(H,26,28);8-9,11-12,14H,5-7,10H2,1-4H3,(H2,22,23);6,8-12,14,21H,3-5,7H2,1-2H3,(H,22,24);7,9-10H,4-6,8H2,1-3H3,(H2,18,19);4*1H4. The number of imidazole rings is 4.